The molecule has 0 radical (unpaired) electrons. The molecule has 2 aliphatic rings. The van der Waals surface area contributed by atoms with E-state index in [1.54, 1.807) is 0 Å². The van der Waals surface area contributed by atoms with Gasteiger partial charge in [-0.2, -0.15) is 0 Å². The Bertz CT molecular complexity index is 461. The van der Waals surface area contributed by atoms with E-state index in [1.807, 2.05) is 0 Å². The van der Waals surface area contributed by atoms with E-state index >= 15 is 0 Å². The molecule has 1 aliphatic heterocycles. The molecule has 1 aliphatic carbocycles. The number of benzene rings is 1. The van der Waals surface area contributed by atoms with Gasteiger partial charge in [-0.25, -0.2) is 0 Å². The topological polar surface area (TPSA) is 41.1 Å². The molecule has 3 nitrogen and oxygen atoms in total. The molecule has 3 unspecified atom stereocenters. The molecule has 21 heavy (non-hydrogen) atoms. The number of hydrogen-bond acceptors (Lipinski definition) is 2. The highest BCUT2D eigenvalue weighted by atomic mass is 35.5. The number of amides is 1. The van der Waals surface area contributed by atoms with Gasteiger partial charge in [0, 0.05) is 17.9 Å². The minimum Gasteiger partial charge on any atom is -0.353 e. The fourth-order valence-electron chi connectivity index (χ4n) is 3.42. The molecule has 1 heterocycles. The van der Waals surface area contributed by atoms with Gasteiger partial charge in [0.05, 0.1) is 0 Å². The average Bonchev–Trinajstić information content (AvgIpc) is 2.85. The summed E-state index contributed by atoms with van der Waals surface area (Å²) in [5.74, 6) is 1.39. The summed E-state index contributed by atoms with van der Waals surface area (Å²) in [6.07, 6.45) is 3.51. The Hall–Kier alpha value is -1.06. The van der Waals surface area contributed by atoms with Crippen molar-refractivity contribution in [2.45, 2.75) is 38.1 Å². The van der Waals surface area contributed by atoms with Crippen molar-refractivity contribution >= 4 is 18.3 Å². The van der Waals surface area contributed by atoms with Crippen LogP contribution in [0, 0.1) is 11.8 Å². The van der Waals surface area contributed by atoms with Crippen molar-refractivity contribution in [3.8, 4) is 0 Å². The van der Waals surface area contributed by atoms with Gasteiger partial charge in [-0.3, -0.25) is 4.79 Å². The third-order valence-corrected chi connectivity index (χ3v) is 5.01. The summed E-state index contributed by atoms with van der Waals surface area (Å²) in [6.45, 7) is 4.04. The third-order valence-electron chi connectivity index (χ3n) is 5.01. The molecular formula is C17H25ClN2O. The quantitative estimate of drug-likeness (QED) is 0.898. The van der Waals surface area contributed by atoms with Crippen LogP contribution in [0.5, 0.6) is 0 Å². The van der Waals surface area contributed by atoms with Crippen LogP contribution >= 0.6 is 12.4 Å². The molecule has 1 saturated carbocycles. The van der Waals surface area contributed by atoms with Gasteiger partial charge in [0.25, 0.3) is 0 Å². The van der Waals surface area contributed by atoms with Crippen LogP contribution in [0.1, 0.15) is 37.7 Å². The van der Waals surface area contributed by atoms with E-state index in [9.17, 15) is 4.79 Å². The molecule has 1 aromatic rings. The van der Waals surface area contributed by atoms with Crippen molar-refractivity contribution in [1.82, 2.24) is 10.6 Å². The molecular weight excluding hydrogens is 284 g/mol. The van der Waals surface area contributed by atoms with Gasteiger partial charge < -0.3 is 10.6 Å². The fraction of sp³-hybridized carbons (Fsp3) is 0.588. The maximum absolute atomic E-state index is 12.4. The highest BCUT2D eigenvalue weighted by Crippen LogP contribution is 2.34. The van der Waals surface area contributed by atoms with Crippen molar-refractivity contribution in [2.24, 2.45) is 11.8 Å². The van der Waals surface area contributed by atoms with Gasteiger partial charge in [-0.1, -0.05) is 43.7 Å². The second-order valence-corrected chi connectivity index (χ2v) is 6.27. The molecule has 3 rings (SSSR count). The van der Waals surface area contributed by atoms with Crippen LogP contribution in [0.15, 0.2) is 30.3 Å². The fourth-order valence-corrected chi connectivity index (χ4v) is 3.42. The molecule has 1 aromatic carbocycles. The van der Waals surface area contributed by atoms with Crippen molar-refractivity contribution in [3.63, 3.8) is 0 Å². The summed E-state index contributed by atoms with van der Waals surface area (Å²) in [7, 11) is 0. The van der Waals surface area contributed by atoms with Crippen LogP contribution < -0.4 is 10.6 Å². The lowest BCUT2D eigenvalue weighted by atomic mass is 9.87. The largest absolute Gasteiger partial charge is 0.353 e. The summed E-state index contributed by atoms with van der Waals surface area (Å²) < 4.78 is 0. The summed E-state index contributed by atoms with van der Waals surface area (Å²) in [4.78, 5) is 12.4. The predicted molar refractivity (Wildman–Crippen MR) is 87.7 cm³/mol. The molecule has 0 aromatic heterocycles. The average molecular weight is 309 g/mol. The van der Waals surface area contributed by atoms with Gasteiger partial charge >= 0.3 is 0 Å². The minimum atomic E-state index is 0. The van der Waals surface area contributed by atoms with Crippen LogP contribution in [-0.2, 0) is 4.79 Å². The molecule has 2 N–H and O–H groups in total. The standard InChI is InChI=1S/C17H24N2O.ClH/c1-12(14-10-18-11-14)17(20)19-16-9-5-8-15(16)13-6-3-2-4-7-13;/h2-4,6-7,12,14-16,18H,5,8-11H2,1H3,(H,19,20);1H. The highest BCUT2D eigenvalue weighted by Gasteiger charge is 2.33. The van der Waals surface area contributed by atoms with Crippen LogP contribution in [0.3, 0.4) is 0 Å². The first-order chi connectivity index (χ1) is 9.75. The summed E-state index contributed by atoms with van der Waals surface area (Å²) in [5, 5.41) is 6.55. The molecule has 2 fully saturated rings. The van der Waals surface area contributed by atoms with E-state index in [4.69, 9.17) is 0 Å². The Morgan fingerprint density at radius 2 is 1.95 bits per heavy atom. The zero-order valence-electron chi connectivity index (χ0n) is 12.5. The van der Waals surface area contributed by atoms with Gasteiger partial charge in [-0.15, -0.1) is 12.4 Å². The summed E-state index contributed by atoms with van der Waals surface area (Å²) in [6, 6.07) is 10.9. The van der Waals surface area contributed by atoms with Crippen LogP contribution in [0.25, 0.3) is 0 Å². The van der Waals surface area contributed by atoms with E-state index in [0.29, 0.717) is 17.9 Å². The lowest BCUT2D eigenvalue weighted by molar-refractivity contribution is -0.127. The Balaban J connectivity index is 0.00000161. The monoisotopic (exact) mass is 308 g/mol. The zero-order valence-corrected chi connectivity index (χ0v) is 13.4. The second-order valence-electron chi connectivity index (χ2n) is 6.27. The summed E-state index contributed by atoms with van der Waals surface area (Å²) in [5.41, 5.74) is 1.37. The van der Waals surface area contributed by atoms with Crippen LogP contribution in [0.4, 0.5) is 0 Å². The first-order valence-electron chi connectivity index (χ1n) is 7.81. The maximum atomic E-state index is 12.4. The number of carbonyl (C=O) groups excluding carboxylic acids is 1. The number of hydrogen-bond donors (Lipinski definition) is 2. The van der Waals surface area contributed by atoms with Crippen LogP contribution in [-0.4, -0.2) is 25.0 Å². The number of rotatable bonds is 4. The third kappa shape index (κ3) is 3.58. The molecule has 116 valence electrons. The van der Waals surface area contributed by atoms with Crippen molar-refractivity contribution in [1.29, 1.82) is 0 Å². The van der Waals surface area contributed by atoms with Gasteiger partial charge in [0.15, 0.2) is 0 Å². The summed E-state index contributed by atoms with van der Waals surface area (Å²) >= 11 is 0. The Labute approximate surface area is 133 Å². The van der Waals surface area contributed by atoms with E-state index in [1.165, 1.54) is 18.4 Å². The predicted octanol–water partition coefficient (Wildman–Crippen LogP) is 2.72. The van der Waals surface area contributed by atoms with Gasteiger partial charge in [0.1, 0.15) is 0 Å². The first-order valence-corrected chi connectivity index (χ1v) is 7.81. The zero-order chi connectivity index (χ0) is 13.9. The number of nitrogens with one attached hydrogen (secondary N) is 2. The molecule has 1 amide bonds. The van der Waals surface area contributed by atoms with Crippen LogP contribution in [0.2, 0.25) is 0 Å². The SMILES string of the molecule is CC(C(=O)NC1CCCC1c1ccccc1)C1CNC1.Cl. The van der Waals surface area contributed by atoms with E-state index in [2.05, 4.69) is 47.9 Å². The maximum Gasteiger partial charge on any atom is 0.223 e. The minimum absolute atomic E-state index is 0. The van der Waals surface area contributed by atoms with E-state index < -0.39 is 0 Å². The van der Waals surface area contributed by atoms with Crippen molar-refractivity contribution in [3.05, 3.63) is 35.9 Å². The first kappa shape index (κ1) is 16.3. The highest BCUT2D eigenvalue weighted by molar-refractivity contribution is 5.85. The molecule has 4 heteroatoms. The number of halogens is 1. The molecule has 3 atom stereocenters. The Morgan fingerprint density at radius 3 is 2.57 bits per heavy atom. The molecule has 0 spiro atoms. The lowest BCUT2D eigenvalue weighted by Crippen LogP contribution is -2.51. The smallest absolute Gasteiger partial charge is 0.223 e. The Kier molecular flexibility index (Phi) is 5.65. The molecule has 1 saturated heterocycles. The second kappa shape index (κ2) is 7.28. The van der Waals surface area contributed by atoms with Gasteiger partial charge in [-0.05, 0) is 37.4 Å². The van der Waals surface area contributed by atoms with Crippen molar-refractivity contribution < 1.29 is 4.79 Å². The number of carbonyl (C=O) groups is 1. The van der Waals surface area contributed by atoms with E-state index in [0.717, 1.165) is 19.5 Å². The van der Waals surface area contributed by atoms with Crippen molar-refractivity contribution in [2.75, 3.05) is 13.1 Å². The molecule has 0 bridgehead atoms. The Morgan fingerprint density at radius 1 is 1.24 bits per heavy atom. The normalized spacial score (nSPS) is 26.5. The lowest BCUT2D eigenvalue weighted by Gasteiger charge is -2.33. The van der Waals surface area contributed by atoms with Gasteiger partial charge in [0.2, 0.25) is 5.91 Å². The van der Waals surface area contributed by atoms with E-state index in [-0.39, 0.29) is 24.2 Å².